The zero-order valence-corrected chi connectivity index (χ0v) is 15.6. The van der Waals surface area contributed by atoms with E-state index in [-0.39, 0.29) is 0 Å². The standard InChI is InChI=1S/C19H23N5OS/c1-2-13-25-16-9-7-15(8-10-16)18-22-24-17(20-21-19(24)26-18)14-23-11-5-3-4-6-12-23/h2,7-10H,1,3-6,11-14H2. The monoisotopic (exact) mass is 369 g/mol. The van der Waals surface area contributed by atoms with E-state index >= 15 is 0 Å². The zero-order chi connectivity index (χ0) is 17.8. The molecule has 0 N–H and O–H groups in total. The van der Waals surface area contributed by atoms with Crippen LogP contribution in [0.15, 0.2) is 36.9 Å². The molecule has 7 heteroatoms. The fourth-order valence-electron chi connectivity index (χ4n) is 3.22. The second-order valence-electron chi connectivity index (χ2n) is 6.53. The number of hydrogen-bond donors (Lipinski definition) is 0. The summed E-state index contributed by atoms with van der Waals surface area (Å²) in [5.41, 5.74) is 1.06. The number of fused-ring (bicyclic) bond motifs is 1. The van der Waals surface area contributed by atoms with Crippen LogP contribution < -0.4 is 4.74 Å². The molecule has 3 aromatic rings. The van der Waals surface area contributed by atoms with Crippen LogP contribution in [0.5, 0.6) is 5.75 Å². The molecule has 26 heavy (non-hydrogen) atoms. The molecule has 3 heterocycles. The highest BCUT2D eigenvalue weighted by atomic mass is 32.1. The summed E-state index contributed by atoms with van der Waals surface area (Å²) in [5, 5.41) is 14.4. The molecule has 0 aliphatic carbocycles. The summed E-state index contributed by atoms with van der Waals surface area (Å²) in [4.78, 5) is 3.31. The number of benzene rings is 1. The van der Waals surface area contributed by atoms with Gasteiger partial charge in [-0.2, -0.15) is 9.61 Å². The molecule has 136 valence electrons. The average molecular weight is 369 g/mol. The van der Waals surface area contributed by atoms with Crippen LogP contribution >= 0.6 is 11.3 Å². The summed E-state index contributed by atoms with van der Waals surface area (Å²) in [6.07, 6.45) is 6.94. The highest BCUT2D eigenvalue weighted by Gasteiger charge is 2.17. The highest BCUT2D eigenvalue weighted by Crippen LogP contribution is 2.27. The first-order valence-electron chi connectivity index (χ1n) is 9.11. The molecule has 0 unspecified atom stereocenters. The van der Waals surface area contributed by atoms with Gasteiger partial charge in [0.1, 0.15) is 17.4 Å². The zero-order valence-electron chi connectivity index (χ0n) is 14.8. The van der Waals surface area contributed by atoms with Crippen molar-refractivity contribution in [2.75, 3.05) is 19.7 Å². The summed E-state index contributed by atoms with van der Waals surface area (Å²) in [7, 11) is 0. The summed E-state index contributed by atoms with van der Waals surface area (Å²) in [6, 6.07) is 7.97. The van der Waals surface area contributed by atoms with E-state index in [4.69, 9.17) is 9.84 Å². The van der Waals surface area contributed by atoms with Crippen LogP contribution in [0.4, 0.5) is 0 Å². The predicted molar refractivity (Wildman–Crippen MR) is 104 cm³/mol. The van der Waals surface area contributed by atoms with Crippen molar-refractivity contribution in [1.29, 1.82) is 0 Å². The minimum Gasteiger partial charge on any atom is -0.490 e. The largest absolute Gasteiger partial charge is 0.490 e. The van der Waals surface area contributed by atoms with Gasteiger partial charge in [-0.05, 0) is 50.2 Å². The van der Waals surface area contributed by atoms with E-state index in [1.54, 1.807) is 17.4 Å². The number of likely N-dealkylation sites (tertiary alicyclic amines) is 1. The van der Waals surface area contributed by atoms with E-state index in [0.29, 0.717) is 6.61 Å². The van der Waals surface area contributed by atoms with E-state index in [1.807, 2.05) is 28.8 Å². The van der Waals surface area contributed by atoms with Gasteiger partial charge in [-0.25, -0.2) is 0 Å². The molecule has 2 aromatic heterocycles. The molecule has 1 aromatic carbocycles. The van der Waals surface area contributed by atoms with E-state index in [2.05, 4.69) is 21.7 Å². The van der Waals surface area contributed by atoms with Crippen LogP contribution in [-0.2, 0) is 6.54 Å². The lowest BCUT2D eigenvalue weighted by molar-refractivity contribution is 0.268. The fourth-order valence-corrected chi connectivity index (χ4v) is 4.08. The number of hydrogen-bond acceptors (Lipinski definition) is 6. The molecule has 1 saturated heterocycles. The van der Waals surface area contributed by atoms with E-state index in [1.165, 1.54) is 25.7 Å². The highest BCUT2D eigenvalue weighted by molar-refractivity contribution is 7.19. The van der Waals surface area contributed by atoms with E-state index in [0.717, 1.165) is 46.7 Å². The van der Waals surface area contributed by atoms with Crippen molar-refractivity contribution in [3.8, 4) is 16.3 Å². The third-order valence-electron chi connectivity index (χ3n) is 4.59. The lowest BCUT2D eigenvalue weighted by atomic mass is 10.2. The number of aromatic nitrogens is 4. The van der Waals surface area contributed by atoms with Gasteiger partial charge in [-0.3, -0.25) is 4.90 Å². The Morgan fingerprint density at radius 2 is 1.85 bits per heavy atom. The molecule has 0 spiro atoms. The molecular formula is C19H23N5OS. The maximum absolute atomic E-state index is 5.54. The van der Waals surface area contributed by atoms with Crippen molar-refractivity contribution >= 4 is 16.3 Å². The Labute approximate surface area is 157 Å². The minimum absolute atomic E-state index is 0.510. The Kier molecular flexibility index (Phi) is 5.26. The maximum atomic E-state index is 5.54. The number of rotatable bonds is 6. The minimum atomic E-state index is 0.510. The molecule has 6 nitrogen and oxygen atoms in total. The third kappa shape index (κ3) is 3.78. The second-order valence-corrected chi connectivity index (χ2v) is 7.49. The van der Waals surface area contributed by atoms with Gasteiger partial charge in [0, 0.05) is 5.56 Å². The van der Waals surface area contributed by atoms with Crippen LogP contribution in [0.1, 0.15) is 31.5 Å². The van der Waals surface area contributed by atoms with Crippen LogP contribution in [0.3, 0.4) is 0 Å². The predicted octanol–water partition coefficient (Wildman–Crippen LogP) is 3.79. The third-order valence-corrected chi connectivity index (χ3v) is 5.54. The van der Waals surface area contributed by atoms with Gasteiger partial charge in [0.2, 0.25) is 4.96 Å². The molecule has 0 bridgehead atoms. The Bertz CT molecular complexity index is 862. The molecule has 0 amide bonds. The molecule has 4 rings (SSSR count). The van der Waals surface area contributed by atoms with Gasteiger partial charge in [0.15, 0.2) is 5.82 Å². The normalized spacial score (nSPS) is 15.8. The van der Waals surface area contributed by atoms with Gasteiger partial charge in [-0.1, -0.05) is 36.8 Å². The Balaban J connectivity index is 1.52. The Hall–Kier alpha value is -2.25. The lowest BCUT2D eigenvalue weighted by Gasteiger charge is -2.17. The second kappa shape index (κ2) is 7.97. The first-order chi connectivity index (χ1) is 12.8. The Morgan fingerprint density at radius 3 is 2.58 bits per heavy atom. The van der Waals surface area contributed by atoms with Crippen LogP contribution in [0.25, 0.3) is 15.5 Å². The summed E-state index contributed by atoms with van der Waals surface area (Å²) in [5.74, 6) is 1.76. The first-order valence-corrected chi connectivity index (χ1v) is 9.93. The number of nitrogens with zero attached hydrogens (tertiary/aromatic N) is 5. The Morgan fingerprint density at radius 1 is 1.08 bits per heavy atom. The summed E-state index contributed by atoms with van der Waals surface area (Å²) < 4.78 is 7.43. The average Bonchev–Trinajstić information content (AvgIpc) is 3.14. The summed E-state index contributed by atoms with van der Waals surface area (Å²) >= 11 is 1.56. The topological polar surface area (TPSA) is 55.6 Å². The van der Waals surface area contributed by atoms with Gasteiger partial charge >= 0.3 is 0 Å². The molecule has 1 fully saturated rings. The van der Waals surface area contributed by atoms with Crippen molar-refractivity contribution < 1.29 is 4.74 Å². The smallest absolute Gasteiger partial charge is 0.235 e. The lowest BCUT2D eigenvalue weighted by Crippen LogP contribution is -2.25. The van der Waals surface area contributed by atoms with Crippen molar-refractivity contribution in [1.82, 2.24) is 24.7 Å². The van der Waals surface area contributed by atoms with Gasteiger partial charge in [0.25, 0.3) is 0 Å². The fraction of sp³-hybridized carbons (Fsp3) is 0.421. The van der Waals surface area contributed by atoms with Gasteiger partial charge < -0.3 is 4.74 Å². The van der Waals surface area contributed by atoms with Gasteiger partial charge in [0.05, 0.1) is 6.54 Å². The SMILES string of the molecule is C=CCOc1ccc(-c2nn3c(CN4CCCCCC4)nnc3s2)cc1. The number of ether oxygens (including phenoxy) is 1. The van der Waals surface area contributed by atoms with Crippen molar-refractivity contribution in [2.24, 2.45) is 0 Å². The van der Waals surface area contributed by atoms with Crippen LogP contribution in [-0.4, -0.2) is 44.4 Å². The van der Waals surface area contributed by atoms with Crippen LogP contribution in [0.2, 0.25) is 0 Å². The van der Waals surface area contributed by atoms with Crippen molar-refractivity contribution in [2.45, 2.75) is 32.2 Å². The van der Waals surface area contributed by atoms with Gasteiger partial charge in [-0.15, -0.1) is 10.2 Å². The van der Waals surface area contributed by atoms with E-state index in [9.17, 15) is 0 Å². The maximum Gasteiger partial charge on any atom is 0.235 e. The van der Waals surface area contributed by atoms with Crippen molar-refractivity contribution in [3.05, 3.63) is 42.7 Å². The quantitative estimate of drug-likeness (QED) is 0.619. The molecular weight excluding hydrogens is 346 g/mol. The van der Waals surface area contributed by atoms with Crippen LogP contribution in [0, 0.1) is 0 Å². The first kappa shape index (κ1) is 17.2. The molecule has 1 aliphatic rings. The molecule has 1 aliphatic heterocycles. The van der Waals surface area contributed by atoms with Crippen molar-refractivity contribution in [3.63, 3.8) is 0 Å². The summed E-state index contributed by atoms with van der Waals surface area (Å²) in [6.45, 7) is 7.26. The molecule has 0 radical (unpaired) electrons. The molecule has 0 atom stereocenters. The molecule has 0 saturated carbocycles. The van der Waals surface area contributed by atoms with E-state index < -0.39 is 0 Å².